The van der Waals surface area contributed by atoms with Gasteiger partial charge in [0.05, 0.1) is 12.7 Å². The number of methoxy groups -OCH3 is 1. The highest BCUT2D eigenvalue weighted by Crippen LogP contribution is 2.37. The maximum absolute atomic E-state index is 9.53. The zero-order chi connectivity index (χ0) is 13.7. The fraction of sp³-hybridized carbons (Fsp3) is 0.600. The van der Waals surface area contributed by atoms with Crippen LogP contribution in [0.4, 0.5) is 0 Å². The number of hydrogen-bond acceptors (Lipinski definition) is 3. The van der Waals surface area contributed by atoms with Crippen LogP contribution in [0.1, 0.15) is 30.7 Å². The van der Waals surface area contributed by atoms with Crippen LogP contribution in [-0.2, 0) is 4.74 Å². The minimum atomic E-state index is -0.360. The monoisotopic (exact) mass is 283 g/mol. The van der Waals surface area contributed by atoms with Crippen LogP contribution in [0.25, 0.3) is 0 Å². The summed E-state index contributed by atoms with van der Waals surface area (Å²) >= 11 is 6.00. The lowest BCUT2D eigenvalue weighted by Gasteiger charge is -2.36. The summed E-state index contributed by atoms with van der Waals surface area (Å²) in [6.45, 7) is 1.26. The van der Waals surface area contributed by atoms with E-state index in [0.717, 1.165) is 30.8 Å². The van der Waals surface area contributed by atoms with E-state index >= 15 is 0 Å². The number of ether oxygens (including phenoxy) is 1. The molecule has 2 rings (SSSR count). The predicted molar refractivity (Wildman–Crippen MR) is 77.7 cm³/mol. The summed E-state index contributed by atoms with van der Waals surface area (Å²) in [4.78, 5) is 0. The first-order valence-corrected chi connectivity index (χ1v) is 7.22. The van der Waals surface area contributed by atoms with Crippen molar-refractivity contribution in [3.63, 3.8) is 0 Å². The molecule has 1 unspecified atom stereocenters. The van der Waals surface area contributed by atoms with Gasteiger partial charge in [0.15, 0.2) is 0 Å². The van der Waals surface area contributed by atoms with Gasteiger partial charge >= 0.3 is 0 Å². The van der Waals surface area contributed by atoms with Crippen molar-refractivity contribution in [2.75, 3.05) is 20.3 Å². The van der Waals surface area contributed by atoms with Gasteiger partial charge in [-0.1, -0.05) is 23.7 Å². The lowest BCUT2D eigenvalue weighted by atomic mass is 9.76. The van der Waals surface area contributed by atoms with Crippen LogP contribution in [0.2, 0.25) is 5.02 Å². The van der Waals surface area contributed by atoms with Crippen molar-refractivity contribution in [2.24, 2.45) is 0 Å². The van der Waals surface area contributed by atoms with E-state index in [0.29, 0.717) is 18.6 Å². The van der Waals surface area contributed by atoms with Gasteiger partial charge in [0.25, 0.3) is 0 Å². The molecular formula is C15H22ClNO2. The van der Waals surface area contributed by atoms with Crippen LogP contribution >= 0.6 is 11.6 Å². The number of halogens is 1. The second-order valence-corrected chi connectivity index (χ2v) is 5.71. The number of nitrogens with one attached hydrogen (secondary N) is 1. The number of hydrogen-bond donors (Lipinski definition) is 2. The molecule has 0 heterocycles. The Morgan fingerprint density at radius 1 is 1.47 bits per heavy atom. The van der Waals surface area contributed by atoms with Crippen molar-refractivity contribution < 1.29 is 9.84 Å². The molecule has 0 saturated heterocycles. The molecule has 4 heteroatoms. The third-order valence-corrected chi connectivity index (χ3v) is 3.96. The fourth-order valence-corrected chi connectivity index (χ4v) is 2.75. The molecule has 1 aliphatic carbocycles. The van der Waals surface area contributed by atoms with Crippen LogP contribution in [0, 0.1) is 0 Å². The summed E-state index contributed by atoms with van der Waals surface area (Å²) in [5.74, 6) is 0.625. The van der Waals surface area contributed by atoms with E-state index in [9.17, 15) is 5.11 Å². The molecule has 0 spiro atoms. The van der Waals surface area contributed by atoms with Gasteiger partial charge in [0, 0.05) is 18.2 Å². The molecular weight excluding hydrogens is 262 g/mol. The molecule has 1 atom stereocenters. The average molecular weight is 284 g/mol. The lowest BCUT2D eigenvalue weighted by Crippen LogP contribution is -2.41. The summed E-state index contributed by atoms with van der Waals surface area (Å²) in [5, 5.41) is 13.8. The van der Waals surface area contributed by atoms with Crippen LogP contribution in [0.15, 0.2) is 24.3 Å². The predicted octanol–water partition coefficient (Wildman–Crippen LogP) is 2.57. The Bertz CT molecular complexity index is 393. The highest BCUT2D eigenvalue weighted by atomic mass is 35.5. The third-order valence-electron chi connectivity index (χ3n) is 3.73. The molecule has 106 valence electrons. The lowest BCUT2D eigenvalue weighted by molar-refractivity contribution is 0.0582. The first-order valence-electron chi connectivity index (χ1n) is 6.85. The molecule has 3 nitrogen and oxygen atoms in total. The van der Waals surface area contributed by atoms with Gasteiger partial charge in [-0.2, -0.15) is 0 Å². The molecule has 1 aromatic carbocycles. The topological polar surface area (TPSA) is 41.5 Å². The van der Waals surface area contributed by atoms with E-state index in [2.05, 4.69) is 17.4 Å². The van der Waals surface area contributed by atoms with Crippen LogP contribution in [-0.4, -0.2) is 37.5 Å². The number of rotatable bonds is 7. The molecule has 1 fully saturated rings. The van der Waals surface area contributed by atoms with E-state index in [4.69, 9.17) is 16.3 Å². The summed E-state index contributed by atoms with van der Waals surface area (Å²) in [5.41, 5.74) is 1.34. The third kappa shape index (κ3) is 4.46. The Kier molecular flexibility index (Phi) is 5.64. The quantitative estimate of drug-likeness (QED) is 0.808. The maximum atomic E-state index is 9.53. The number of benzene rings is 1. The van der Waals surface area contributed by atoms with Crippen LogP contribution in [0.3, 0.4) is 0 Å². The van der Waals surface area contributed by atoms with Gasteiger partial charge in [-0.05, 0) is 49.4 Å². The van der Waals surface area contributed by atoms with Crippen LogP contribution < -0.4 is 5.32 Å². The van der Waals surface area contributed by atoms with Crippen LogP contribution in [0.5, 0.6) is 0 Å². The largest absolute Gasteiger partial charge is 0.391 e. The molecule has 0 aliphatic heterocycles. The van der Waals surface area contributed by atoms with Crippen molar-refractivity contribution in [1.82, 2.24) is 5.32 Å². The highest BCUT2D eigenvalue weighted by molar-refractivity contribution is 6.30. The van der Waals surface area contributed by atoms with Gasteiger partial charge in [0.1, 0.15) is 0 Å². The molecule has 2 N–H and O–H groups in total. The SMILES string of the molecule is COCC(O)CCNC1CC(c2cccc(Cl)c2)C1. The first-order chi connectivity index (χ1) is 9.19. The second-order valence-electron chi connectivity index (χ2n) is 5.27. The first kappa shape index (κ1) is 14.8. The zero-order valence-corrected chi connectivity index (χ0v) is 12.1. The Morgan fingerprint density at radius 3 is 2.95 bits per heavy atom. The minimum absolute atomic E-state index is 0.360. The van der Waals surface area contributed by atoms with E-state index in [1.807, 2.05) is 12.1 Å². The van der Waals surface area contributed by atoms with E-state index in [-0.39, 0.29) is 6.10 Å². The Labute approximate surface area is 119 Å². The van der Waals surface area contributed by atoms with Gasteiger partial charge in [-0.3, -0.25) is 0 Å². The highest BCUT2D eigenvalue weighted by Gasteiger charge is 2.29. The molecule has 19 heavy (non-hydrogen) atoms. The maximum Gasteiger partial charge on any atom is 0.0785 e. The van der Waals surface area contributed by atoms with Crippen molar-refractivity contribution in [3.05, 3.63) is 34.9 Å². The summed E-state index contributed by atoms with van der Waals surface area (Å²) in [6.07, 6.45) is 2.69. The molecule has 1 saturated carbocycles. The van der Waals surface area contributed by atoms with Gasteiger partial charge in [-0.15, -0.1) is 0 Å². The summed E-state index contributed by atoms with van der Waals surface area (Å²) < 4.78 is 4.90. The van der Waals surface area contributed by atoms with Gasteiger partial charge < -0.3 is 15.2 Å². The van der Waals surface area contributed by atoms with E-state index < -0.39 is 0 Å². The van der Waals surface area contributed by atoms with E-state index in [1.165, 1.54) is 5.56 Å². The summed E-state index contributed by atoms with van der Waals surface area (Å²) in [6, 6.07) is 8.70. The Balaban J connectivity index is 1.64. The molecule has 0 amide bonds. The average Bonchev–Trinajstić information content (AvgIpc) is 2.32. The summed E-state index contributed by atoms with van der Waals surface area (Å²) in [7, 11) is 1.61. The second kappa shape index (κ2) is 7.25. The van der Waals surface area contributed by atoms with E-state index in [1.54, 1.807) is 7.11 Å². The fourth-order valence-electron chi connectivity index (χ4n) is 2.55. The minimum Gasteiger partial charge on any atom is -0.391 e. The van der Waals surface area contributed by atoms with Crippen molar-refractivity contribution in [1.29, 1.82) is 0 Å². The molecule has 1 aliphatic rings. The van der Waals surface area contributed by atoms with Gasteiger partial charge in [-0.25, -0.2) is 0 Å². The Morgan fingerprint density at radius 2 is 2.26 bits per heavy atom. The molecule has 0 aromatic heterocycles. The number of aliphatic hydroxyl groups excluding tert-OH is 1. The molecule has 0 bridgehead atoms. The standard InChI is InChI=1S/C15H22ClNO2/c1-19-10-15(18)5-6-17-14-8-12(9-14)11-3-2-4-13(16)7-11/h2-4,7,12,14-15,17-18H,5-6,8-10H2,1H3. The smallest absolute Gasteiger partial charge is 0.0785 e. The number of aliphatic hydroxyl groups is 1. The van der Waals surface area contributed by atoms with Crippen molar-refractivity contribution in [3.8, 4) is 0 Å². The van der Waals surface area contributed by atoms with Gasteiger partial charge in [0.2, 0.25) is 0 Å². The van der Waals surface area contributed by atoms with Crippen molar-refractivity contribution in [2.45, 2.75) is 37.3 Å². The zero-order valence-electron chi connectivity index (χ0n) is 11.3. The molecule has 0 radical (unpaired) electrons. The molecule has 1 aromatic rings. The normalized spacial score (nSPS) is 23.9. The Hall–Kier alpha value is -0.610. The van der Waals surface area contributed by atoms with Crippen molar-refractivity contribution >= 4 is 11.6 Å².